The van der Waals surface area contributed by atoms with Gasteiger partial charge in [-0.15, -0.1) is 0 Å². The summed E-state index contributed by atoms with van der Waals surface area (Å²) in [5, 5.41) is 0. The number of hydrogen-bond acceptors (Lipinski definition) is 5. The van der Waals surface area contributed by atoms with Crippen LogP contribution in [0.4, 0.5) is 0 Å². The predicted molar refractivity (Wildman–Crippen MR) is 65.1 cm³/mol. The molecule has 0 fully saturated rings. The van der Waals surface area contributed by atoms with Gasteiger partial charge in [0.05, 0.1) is 0 Å². The first kappa shape index (κ1) is 10.1. The van der Waals surface area contributed by atoms with E-state index in [1.54, 1.807) is 37.5 Å². The van der Waals surface area contributed by atoms with Gasteiger partial charge in [-0.2, -0.15) is 0 Å². The van der Waals surface area contributed by atoms with Crippen LogP contribution < -0.4 is 9.65 Å². The van der Waals surface area contributed by atoms with Gasteiger partial charge in [-0.1, -0.05) is 5.46 Å². The van der Waals surface area contributed by atoms with Crippen LogP contribution in [0.5, 0.6) is 5.75 Å². The maximum Gasteiger partial charge on any atom is 0.222 e. The van der Waals surface area contributed by atoms with Crippen molar-refractivity contribution in [2.45, 2.75) is 9.79 Å². The van der Waals surface area contributed by atoms with E-state index in [-0.39, 0.29) is 0 Å². The Hall–Kier alpha value is 0.550. The van der Waals surface area contributed by atoms with Gasteiger partial charge in [-0.25, -0.2) is 0 Å². The highest BCUT2D eigenvalue weighted by Gasteiger charge is 2.16. The van der Waals surface area contributed by atoms with E-state index in [1.165, 1.54) is 0 Å². The molecule has 62 valence electrons. The predicted octanol–water partition coefficient (Wildman–Crippen LogP) is 2.35. The quantitative estimate of drug-likeness (QED) is 0.444. The van der Waals surface area contributed by atoms with Gasteiger partial charge in [0, 0.05) is 9.79 Å². The van der Waals surface area contributed by atoms with Crippen LogP contribution >= 0.6 is 43.3 Å². The fraction of sp³-hybridized carbons (Fsp3) is 0. The van der Waals surface area contributed by atoms with Crippen LogP contribution in [-0.4, -0.2) is 15.0 Å². The molecule has 1 aliphatic rings. The normalized spacial score (nSPS) is 14.2. The van der Waals surface area contributed by atoms with E-state index in [0.717, 1.165) is 27.1 Å². The molecule has 1 heterocycles. The standard InChI is InChI=1S/C6H2B2OS4/c7-4-1-3(9-12-8)2-5-6(4)11-13-10-5/h1-2H. The van der Waals surface area contributed by atoms with Crippen molar-refractivity contribution in [3.8, 4) is 5.75 Å². The molecule has 2 rings (SSSR count). The second-order valence-electron chi connectivity index (χ2n) is 2.25. The minimum atomic E-state index is 0.708. The molecule has 0 unspecified atom stereocenters. The summed E-state index contributed by atoms with van der Waals surface area (Å²) < 4.78 is 5.09. The Balaban J connectivity index is 2.37. The van der Waals surface area contributed by atoms with Gasteiger partial charge < -0.3 is 4.18 Å². The first-order chi connectivity index (χ1) is 6.31. The Morgan fingerprint density at radius 2 is 2.15 bits per heavy atom. The summed E-state index contributed by atoms with van der Waals surface area (Å²) >= 11 is 0.830. The fourth-order valence-electron chi connectivity index (χ4n) is 0.940. The van der Waals surface area contributed by atoms with Gasteiger partial charge in [0.1, 0.15) is 13.6 Å². The minimum absolute atomic E-state index is 0.708. The molecule has 1 aliphatic heterocycles. The van der Waals surface area contributed by atoms with Crippen molar-refractivity contribution in [1.29, 1.82) is 0 Å². The van der Waals surface area contributed by atoms with Crippen molar-refractivity contribution < 1.29 is 4.18 Å². The Bertz CT molecular complexity index is 333. The Morgan fingerprint density at radius 3 is 2.92 bits per heavy atom. The Labute approximate surface area is 95.2 Å². The molecule has 4 radical (unpaired) electrons. The summed E-state index contributed by atoms with van der Waals surface area (Å²) in [7, 11) is 16.1. The van der Waals surface area contributed by atoms with Gasteiger partial charge in [-0.3, -0.25) is 0 Å². The molecule has 0 atom stereocenters. The average Bonchev–Trinajstić information content (AvgIpc) is 2.53. The summed E-state index contributed by atoms with van der Waals surface area (Å²) in [5.41, 5.74) is 0.754. The molecule has 0 aliphatic carbocycles. The van der Waals surface area contributed by atoms with E-state index in [1.807, 2.05) is 6.07 Å². The number of benzene rings is 1. The highest BCUT2D eigenvalue weighted by Crippen LogP contribution is 2.55. The largest absolute Gasteiger partial charge is 0.439 e. The summed E-state index contributed by atoms with van der Waals surface area (Å²) in [6.45, 7) is 0. The van der Waals surface area contributed by atoms with Crippen LogP contribution in [0.3, 0.4) is 0 Å². The van der Waals surface area contributed by atoms with E-state index in [0.29, 0.717) is 5.75 Å². The van der Waals surface area contributed by atoms with Crippen LogP contribution in [0.2, 0.25) is 0 Å². The van der Waals surface area contributed by atoms with E-state index in [2.05, 4.69) is 0 Å². The second-order valence-corrected chi connectivity index (χ2v) is 6.56. The number of rotatable bonds is 2. The van der Waals surface area contributed by atoms with E-state index >= 15 is 0 Å². The lowest BCUT2D eigenvalue weighted by Gasteiger charge is -2.06. The summed E-state index contributed by atoms with van der Waals surface area (Å²) in [4.78, 5) is 2.28. The fourth-order valence-corrected chi connectivity index (χ4v) is 5.60. The zero-order valence-corrected chi connectivity index (χ0v) is 9.62. The molecule has 1 aromatic carbocycles. The van der Waals surface area contributed by atoms with Crippen LogP contribution in [0.15, 0.2) is 21.9 Å². The second kappa shape index (κ2) is 4.38. The molecule has 0 spiro atoms. The average molecular weight is 240 g/mol. The maximum absolute atomic E-state index is 5.83. The monoisotopic (exact) mass is 240 g/mol. The summed E-state index contributed by atoms with van der Waals surface area (Å²) in [6, 6.07) is 3.74. The van der Waals surface area contributed by atoms with Crippen LogP contribution in [0, 0.1) is 0 Å². The van der Waals surface area contributed by atoms with Crippen LogP contribution in [-0.2, 0) is 0 Å². The zero-order chi connectivity index (χ0) is 9.26. The SMILES string of the molecule is [B]SOc1cc([B])c2c(c1)SSS2. The van der Waals surface area contributed by atoms with Crippen molar-refractivity contribution >= 4 is 63.7 Å². The third kappa shape index (κ3) is 2.14. The lowest BCUT2D eigenvalue weighted by atomic mass is 9.96. The van der Waals surface area contributed by atoms with Crippen molar-refractivity contribution in [2.24, 2.45) is 0 Å². The third-order valence-corrected chi connectivity index (χ3v) is 5.79. The van der Waals surface area contributed by atoms with Crippen LogP contribution in [0.1, 0.15) is 0 Å². The minimum Gasteiger partial charge on any atom is -0.439 e. The molecule has 0 N–H and O–H groups in total. The van der Waals surface area contributed by atoms with Gasteiger partial charge in [0.25, 0.3) is 0 Å². The Morgan fingerprint density at radius 1 is 1.31 bits per heavy atom. The van der Waals surface area contributed by atoms with E-state index < -0.39 is 0 Å². The molecule has 0 saturated heterocycles. The highest BCUT2D eigenvalue weighted by atomic mass is 33.5. The first-order valence-corrected chi connectivity index (χ1v) is 7.58. The molecule has 0 amide bonds. The summed E-state index contributed by atoms with van der Waals surface area (Å²) in [5.74, 6) is 0.708. The maximum atomic E-state index is 5.83. The van der Waals surface area contributed by atoms with Gasteiger partial charge in [-0.05, 0) is 55.4 Å². The molecule has 13 heavy (non-hydrogen) atoms. The van der Waals surface area contributed by atoms with Crippen molar-refractivity contribution in [1.82, 2.24) is 0 Å². The topological polar surface area (TPSA) is 9.23 Å². The number of fused-ring (bicyclic) bond motifs is 1. The highest BCUT2D eigenvalue weighted by molar-refractivity contribution is 9.10. The Kier molecular flexibility index (Phi) is 3.40. The smallest absolute Gasteiger partial charge is 0.222 e. The zero-order valence-electron chi connectivity index (χ0n) is 6.35. The molecular weight excluding hydrogens is 238 g/mol. The molecule has 0 saturated carbocycles. The molecule has 7 heteroatoms. The molecule has 0 aromatic heterocycles. The molecule has 0 bridgehead atoms. The van der Waals surface area contributed by atoms with E-state index in [4.69, 9.17) is 19.2 Å². The third-order valence-electron chi connectivity index (χ3n) is 1.44. The summed E-state index contributed by atoms with van der Waals surface area (Å²) in [6.07, 6.45) is 0. The van der Waals surface area contributed by atoms with Gasteiger partial charge >= 0.3 is 0 Å². The lowest BCUT2D eigenvalue weighted by Crippen LogP contribution is -2.05. The molecular formula is C6H2B2OS4. The first-order valence-electron chi connectivity index (χ1n) is 3.29. The molecule has 1 aromatic rings. The van der Waals surface area contributed by atoms with Crippen molar-refractivity contribution in [2.75, 3.05) is 0 Å². The van der Waals surface area contributed by atoms with Crippen molar-refractivity contribution in [3.63, 3.8) is 0 Å². The van der Waals surface area contributed by atoms with Gasteiger partial charge in [0.2, 0.25) is 7.12 Å². The number of hydrogen-bond donors (Lipinski definition) is 0. The van der Waals surface area contributed by atoms with Gasteiger partial charge in [0.15, 0.2) is 0 Å². The van der Waals surface area contributed by atoms with Crippen LogP contribution in [0.25, 0.3) is 0 Å². The molecule has 1 nitrogen and oxygen atoms in total. The lowest BCUT2D eigenvalue weighted by molar-refractivity contribution is 0.652. The van der Waals surface area contributed by atoms with E-state index in [9.17, 15) is 0 Å². The van der Waals surface area contributed by atoms with Crippen molar-refractivity contribution in [3.05, 3.63) is 12.1 Å².